The van der Waals surface area contributed by atoms with Crippen molar-refractivity contribution in [3.8, 4) is 0 Å². The fraction of sp³-hybridized carbons (Fsp3) is 0.455. The molecule has 1 aliphatic rings. The number of likely N-dealkylation sites (tertiary alicyclic amines) is 1. The first-order chi connectivity index (χ1) is 14.8. The van der Waals surface area contributed by atoms with Crippen molar-refractivity contribution >= 4 is 21.8 Å². The highest BCUT2D eigenvalue weighted by atomic mass is 32.2. The van der Waals surface area contributed by atoms with E-state index in [0.717, 1.165) is 5.56 Å². The molecule has 2 N–H and O–H groups in total. The third kappa shape index (κ3) is 6.18. The summed E-state index contributed by atoms with van der Waals surface area (Å²) in [5, 5.41) is 2.86. The van der Waals surface area contributed by atoms with Gasteiger partial charge in [0.2, 0.25) is 21.8 Å². The zero-order valence-electron chi connectivity index (χ0n) is 17.9. The van der Waals surface area contributed by atoms with Gasteiger partial charge in [0.05, 0.1) is 17.7 Å². The van der Waals surface area contributed by atoms with Gasteiger partial charge in [0.15, 0.2) is 0 Å². The number of amides is 2. The monoisotopic (exact) mass is 447 g/mol. The van der Waals surface area contributed by atoms with Gasteiger partial charge in [-0.3, -0.25) is 9.59 Å². The normalized spacial score (nSPS) is 15.1. The van der Waals surface area contributed by atoms with Crippen LogP contribution >= 0.6 is 0 Å². The number of rotatable bonds is 8. The zero-order valence-corrected chi connectivity index (χ0v) is 18.7. The number of nitrogens with one attached hydrogen (secondary N) is 2. The summed E-state index contributed by atoms with van der Waals surface area (Å²) in [6.45, 7) is 5.02. The molecule has 0 saturated carbocycles. The first-order valence-corrected chi connectivity index (χ1v) is 11.9. The van der Waals surface area contributed by atoms with Crippen LogP contribution in [0.5, 0.6) is 0 Å². The Morgan fingerprint density at radius 1 is 1.16 bits per heavy atom. The van der Waals surface area contributed by atoms with Gasteiger partial charge in [-0.2, -0.15) is 0 Å². The minimum Gasteiger partial charge on any atom is -0.467 e. The average Bonchev–Trinajstić information content (AvgIpc) is 3.25. The largest absolute Gasteiger partial charge is 0.467 e. The van der Waals surface area contributed by atoms with E-state index in [2.05, 4.69) is 10.0 Å². The maximum atomic E-state index is 12.5. The van der Waals surface area contributed by atoms with Gasteiger partial charge in [-0.1, -0.05) is 17.7 Å². The summed E-state index contributed by atoms with van der Waals surface area (Å²) < 4.78 is 32.7. The summed E-state index contributed by atoms with van der Waals surface area (Å²) in [7, 11) is -3.66. The van der Waals surface area contributed by atoms with Crippen molar-refractivity contribution in [3.05, 3.63) is 53.5 Å². The van der Waals surface area contributed by atoms with Crippen LogP contribution in [0, 0.1) is 19.8 Å². The van der Waals surface area contributed by atoms with Crippen LogP contribution in [0.3, 0.4) is 0 Å². The van der Waals surface area contributed by atoms with Crippen molar-refractivity contribution < 1.29 is 22.4 Å². The maximum Gasteiger partial charge on any atom is 0.240 e. The molecule has 2 aromatic rings. The van der Waals surface area contributed by atoms with Gasteiger partial charge in [0.25, 0.3) is 0 Å². The molecule has 1 aliphatic heterocycles. The Kier molecular flexibility index (Phi) is 7.50. The Hall–Kier alpha value is -2.65. The zero-order chi connectivity index (χ0) is 22.4. The van der Waals surface area contributed by atoms with Gasteiger partial charge < -0.3 is 14.6 Å². The van der Waals surface area contributed by atoms with Crippen molar-refractivity contribution in [1.29, 1.82) is 0 Å². The molecule has 0 spiro atoms. The van der Waals surface area contributed by atoms with Crippen molar-refractivity contribution in [1.82, 2.24) is 14.9 Å². The Labute approximate surface area is 183 Å². The van der Waals surface area contributed by atoms with Crippen LogP contribution < -0.4 is 10.0 Å². The van der Waals surface area contributed by atoms with E-state index in [4.69, 9.17) is 4.42 Å². The van der Waals surface area contributed by atoms with E-state index in [1.54, 1.807) is 42.4 Å². The van der Waals surface area contributed by atoms with E-state index in [0.29, 0.717) is 43.8 Å². The van der Waals surface area contributed by atoms with E-state index in [1.807, 2.05) is 13.0 Å². The van der Waals surface area contributed by atoms with Crippen LogP contribution in [0.25, 0.3) is 0 Å². The predicted octanol–water partition coefficient (Wildman–Crippen LogP) is 2.12. The lowest BCUT2D eigenvalue weighted by molar-refractivity contribution is -0.135. The lowest BCUT2D eigenvalue weighted by Crippen LogP contribution is -2.43. The average molecular weight is 448 g/mol. The molecule has 1 aromatic heterocycles. The topological polar surface area (TPSA) is 109 Å². The Bertz CT molecular complexity index is 1010. The van der Waals surface area contributed by atoms with Crippen molar-refractivity contribution in [2.75, 3.05) is 19.6 Å². The first kappa shape index (κ1) is 23.0. The lowest BCUT2D eigenvalue weighted by Gasteiger charge is -2.31. The summed E-state index contributed by atoms with van der Waals surface area (Å²) in [5.41, 5.74) is 1.66. The molecule has 168 valence electrons. The Morgan fingerprint density at radius 3 is 2.55 bits per heavy atom. The summed E-state index contributed by atoms with van der Waals surface area (Å²) in [4.78, 5) is 26.7. The number of furan rings is 1. The van der Waals surface area contributed by atoms with E-state index in [9.17, 15) is 18.0 Å². The molecular formula is C22H29N3O5S. The van der Waals surface area contributed by atoms with E-state index >= 15 is 0 Å². The van der Waals surface area contributed by atoms with Crippen LogP contribution in [0.2, 0.25) is 0 Å². The second-order valence-electron chi connectivity index (χ2n) is 7.87. The minimum atomic E-state index is -3.66. The number of piperidine rings is 1. The quantitative estimate of drug-likeness (QED) is 0.644. The molecule has 31 heavy (non-hydrogen) atoms. The number of nitrogens with zero attached hydrogens (tertiary/aromatic N) is 1. The molecule has 1 fully saturated rings. The molecule has 0 radical (unpaired) electrons. The lowest BCUT2D eigenvalue weighted by atomic mass is 9.95. The van der Waals surface area contributed by atoms with Gasteiger partial charge in [0.1, 0.15) is 5.76 Å². The number of carbonyl (C=O) groups is 2. The molecule has 1 saturated heterocycles. The molecule has 0 bridgehead atoms. The number of carbonyl (C=O) groups excluding carboxylic acids is 2. The van der Waals surface area contributed by atoms with Crippen LogP contribution in [-0.2, 0) is 26.2 Å². The number of hydrogen-bond acceptors (Lipinski definition) is 5. The predicted molar refractivity (Wildman–Crippen MR) is 116 cm³/mol. The van der Waals surface area contributed by atoms with Gasteiger partial charge in [-0.15, -0.1) is 0 Å². The number of hydrogen-bond donors (Lipinski definition) is 2. The molecule has 9 heteroatoms. The van der Waals surface area contributed by atoms with Crippen LogP contribution in [0.1, 0.15) is 36.1 Å². The van der Waals surface area contributed by atoms with Crippen LogP contribution in [0.4, 0.5) is 0 Å². The molecule has 1 aromatic carbocycles. The first-order valence-electron chi connectivity index (χ1n) is 10.4. The second kappa shape index (κ2) is 10.1. The van der Waals surface area contributed by atoms with Crippen LogP contribution in [0.15, 0.2) is 45.9 Å². The fourth-order valence-electron chi connectivity index (χ4n) is 3.75. The number of aryl methyl sites for hydroxylation is 2. The van der Waals surface area contributed by atoms with Crippen LogP contribution in [-0.4, -0.2) is 44.8 Å². The molecular weight excluding hydrogens is 418 g/mol. The SMILES string of the molecule is Cc1ccc(S(=O)(=O)NCCC(=O)N2CCC(C(=O)NCc3ccco3)CC2)c(C)c1. The molecule has 2 amide bonds. The number of sulfonamides is 1. The third-order valence-electron chi connectivity index (χ3n) is 5.49. The summed E-state index contributed by atoms with van der Waals surface area (Å²) in [6, 6.07) is 8.72. The minimum absolute atomic E-state index is 0.0373. The van der Waals surface area contributed by atoms with E-state index < -0.39 is 10.0 Å². The molecule has 0 unspecified atom stereocenters. The fourth-order valence-corrected chi connectivity index (χ4v) is 5.01. The van der Waals surface area contributed by atoms with E-state index in [-0.39, 0.29) is 35.6 Å². The maximum absolute atomic E-state index is 12.5. The molecule has 8 nitrogen and oxygen atoms in total. The Morgan fingerprint density at radius 2 is 1.90 bits per heavy atom. The highest BCUT2D eigenvalue weighted by Crippen LogP contribution is 2.19. The molecule has 0 atom stereocenters. The van der Waals surface area contributed by atoms with Gasteiger partial charge >= 0.3 is 0 Å². The highest BCUT2D eigenvalue weighted by molar-refractivity contribution is 7.89. The van der Waals surface area contributed by atoms with Crippen molar-refractivity contribution in [2.24, 2.45) is 5.92 Å². The van der Waals surface area contributed by atoms with Gasteiger partial charge in [0, 0.05) is 32.0 Å². The van der Waals surface area contributed by atoms with E-state index in [1.165, 1.54) is 0 Å². The number of benzene rings is 1. The second-order valence-corrected chi connectivity index (χ2v) is 9.60. The summed E-state index contributed by atoms with van der Waals surface area (Å²) >= 11 is 0. The van der Waals surface area contributed by atoms with Crippen molar-refractivity contribution in [2.45, 2.75) is 44.6 Å². The summed E-state index contributed by atoms with van der Waals surface area (Å²) in [6.07, 6.45) is 2.82. The summed E-state index contributed by atoms with van der Waals surface area (Å²) in [5.74, 6) is 0.411. The molecule has 3 rings (SSSR count). The van der Waals surface area contributed by atoms with Crippen molar-refractivity contribution in [3.63, 3.8) is 0 Å². The highest BCUT2D eigenvalue weighted by Gasteiger charge is 2.27. The molecule has 0 aliphatic carbocycles. The third-order valence-corrected chi connectivity index (χ3v) is 7.11. The van der Waals surface area contributed by atoms with Gasteiger partial charge in [-0.25, -0.2) is 13.1 Å². The molecule has 2 heterocycles. The Balaban J connectivity index is 1.41. The standard InChI is InChI=1S/C22H29N3O5S/c1-16-5-6-20(17(2)14-16)31(28,29)24-10-7-21(26)25-11-8-18(9-12-25)22(27)23-15-19-4-3-13-30-19/h3-6,13-14,18,24H,7-12,15H2,1-2H3,(H,23,27). The smallest absolute Gasteiger partial charge is 0.240 e. The van der Waals surface area contributed by atoms with Gasteiger partial charge in [-0.05, 0) is 50.5 Å².